The molecule has 0 bridgehead atoms. The van der Waals surface area contributed by atoms with Gasteiger partial charge in [0.15, 0.2) is 4.45 Å². The normalized spacial score (nSPS) is 34.0. The van der Waals surface area contributed by atoms with Gasteiger partial charge >= 0.3 is 0 Å². The first kappa shape index (κ1) is 13.2. The van der Waals surface area contributed by atoms with E-state index in [-0.39, 0.29) is 0 Å². The van der Waals surface area contributed by atoms with Crippen molar-refractivity contribution in [2.45, 2.75) is 25.6 Å². The lowest BCUT2D eigenvalue weighted by molar-refractivity contribution is -0.0554. The molecule has 0 spiro atoms. The summed E-state index contributed by atoms with van der Waals surface area (Å²) in [5.41, 5.74) is 1.38. The lowest BCUT2D eigenvalue weighted by Crippen LogP contribution is -2.58. The molecule has 2 aliphatic rings. The maximum Gasteiger partial charge on any atom is 0.171 e. The van der Waals surface area contributed by atoms with Crippen molar-refractivity contribution < 1.29 is 0 Å². The number of nitrogens with one attached hydrogen (secondary N) is 1. The number of halogens is 1. The van der Waals surface area contributed by atoms with Crippen molar-refractivity contribution in [2.24, 2.45) is 0 Å². The van der Waals surface area contributed by atoms with Gasteiger partial charge in [0.05, 0.1) is 19.5 Å². The summed E-state index contributed by atoms with van der Waals surface area (Å²) in [5.74, 6) is 0. The van der Waals surface area contributed by atoms with Crippen molar-refractivity contribution in [3.8, 4) is 0 Å². The van der Waals surface area contributed by atoms with Gasteiger partial charge in [-0.25, -0.2) is 0 Å². The first-order chi connectivity index (χ1) is 7.99. The molecule has 0 aromatic carbocycles. The van der Waals surface area contributed by atoms with Crippen LogP contribution >= 0.6 is 23.8 Å². The molecule has 0 aromatic heterocycles. The highest BCUT2D eigenvalue weighted by Crippen LogP contribution is 2.37. The topological polar surface area (TPSA) is 21.8 Å². The van der Waals surface area contributed by atoms with Crippen LogP contribution < -0.4 is 5.32 Å². The Labute approximate surface area is 113 Å². The van der Waals surface area contributed by atoms with Crippen LogP contribution in [-0.2, 0) is 0 Å². The van der Waals surface area contributed by atoms with E-state index in [1.54, 1.807) is 0 Å². The zero-order valence-electron chi connectivity index (χ0n) is 10.5. The largest absolute Gasteiger partial charge is 0.343 e. The van der Waals surface area contributed by atoms with Gasteiger partial charge in [-0.3, -0.25) is 14.7 Å². The number of hydrogen-bond acceptors (Lipinski definition) is 4. The molecule has 6 heteroatoms. The lowest BCUT2D eigenvalue weighted by Gasteiger charge is -2.44. The fraction of sp³-hybridized carbons (Fsp3) is 0.727. The molecule has 1 N–H and O–H groups in total. The maximum absolute atomic E-state index is 5.60. The summed E-state index contributed by atoms with van der Waals surface area (Å²) in [6.45, 7) is 4.29. The number of nitrogens with zero attached hydrogens (tertiary/aromatic N) is 3. The van der Waals surface area contributed by atoms with Gasteiger partial charge in [0.1, 0.15) is 0 Å². The summed E-state index contributed by atoms with van der Waals surface area (Å²) in [6.07, 6.45) is 3.53. The highest BCUT2D eigenvalue weighted by Gasteiger charge is 2.41. The van der Waals surface area contributed by atoms with Crippen LogP contribution in [0, 0.1) is 0 Å². The molecule has 2 fully saturated rings. The van der Waals surface area contributed by atoms with Gasteiger partial charge in [0, 0.05) is 12.2 Å². The fourth-order valence-corrected chi connectivity index (χ4v) is 2.47. The minimum atomic E-state index is 0.309. The summed E-state index contributed by atoms with van der Waals surface area (Å²) in [5, 5.41) is 2.89. The van der Waals surface area contributed by atoms with Gasteiger partial charge in [-0.1, -0.05) is 11.6 Å². The van der Waals surface area contributed by atoms with Crippen molar-refractivity contribution in [1.82, 2.24) is 20.0 Å². The second-order valence-electron chi connectivity index (χ2n) is 4.90. The monoisotopic (exact) mass is 274 g/mol. The van der Waals surface area contributed by atoms with Gasteiger partial charge < -0.3 is 5.32 Å². The zero-order chi connectivity index (χ0) is 12.6. The Hall–Kier alpha value is -0.200. The summed E-state index contributed by atoms with van der Waals surface area (Å²) in [4.78, 5) is 7.16. The van der Waals surface area contributed by atoms with Crippen LogP contribution in [0.5, 0.6) is 0 Å². The lowest BCUT2D eigenvalue weighted by atomic mass is 10.3. The van der Waals surface area contributed by atoms with Crippen LogP contribution in [0.1, 0.15) is 13.3 Å². The molecule has 1 aliphatic carbocycles. The molecule has 17 heavy (non-hydrogen) atoms. The molecule has 2 rings (SSSR count). The third-order valence-electron chi connectivity index (χ3n) is 3.46. The Bertz CT molecular complexity index is 346. The van der Waals surface area contributed by atoms with Crippen molar-refractivity contribution >= 4 is 28.3 Å². The summed E-state index contributed by atoms with van der Waals surface area (Å²) in [7, 11) is 4.30. The molecule has 1 saturated carbocycles. The highest BCUT2D eigenvalue weighted by molar-refractivity contribution is 7.83. The average molecular weight is 275 g/mol. The van der Waals surface area contributed by atoms with E-state index >= 15 is 0 Å². The van der Waals surface area contributed by atoms with Crippen molar-refractivity contribution in [3.63, 3.8) is 0 Å². The van der Waals surface area contributed by atoms with E-state index in [1.165, 1.54) is 5.57 Å². The van der Waals surface area contributed by atoms with E-state index in [0.717, 1.165) is 19.8 Å². The number of hydrogen-bond donors (Lipinski definition) is 1. The maximum atomic E-state index is 5.60. The molecule has 2 unspecified atom stereocenters. The molecule has 0 aromatic rings. The summed E-state index contributed by atoms with van der Waals surface area (Å²) < 4.78 is 0.309. The van der Waals surface area contributed by atoms with Crippen molar-refractivity contribution in [3.05, 3.63) is 11.8 Å². The van der Waals surface area contributed by atoms with E-state index in [0.29, 0.717) is 16.7 Å². The van der Waals surface area contributed by atoms with Crippen molar-refractivity contribution in [2.75, 3.05) is 27.4 Å². The molecule has 1 aliphatic heterocycles. The molecule has 1 heterocycles. The minimum absolute atomic E-state index is 0.309. The predicted octanol–water partition coefficient (Wildman–Crippen LogP) is 1.20. The Morgan fingerprint density at radius 1 is 1.47 bits per heavy atom. The molecule has 2 atom stereocenters. The Morgan fingerprint density at radius 3 is 2.82 bits per heavy atom. The molecule has 0 radical (unpaired) electrons. The Balaban J connectivity index is 1.95. The highest BCUT2D eigenvalue weighted by atomic mass is 35.5. The van der Waals surface area contributed by atoms with Crippen LogP contribution in [0.3, 0.4) is 0 Å². The number of thiocarbonyl (C=S) groups is 1. The van der Waals surface area contributed by atoms with Crippen LogP contribution in [0.2, 0.25) is 0 Å². The van der Waals surface area contributed by atoms with Gasteiger partial charge in [-0.2, -0.15) is 0 Å². The number of rotatable bonds is 2. The second-order valence-corrected chi connectivity index (χ2v) is 5.91. The third-order valence-corrected chi connectivity index (χ3v) is 3.68. The Kier molecular flexibility index (Phi) is 4.05. The minimum Gasteiger partial charge on any atom is -0.343 e. The van der Waals surface area contributed by atoms with Gasteiger partial charge in [-0.15, -0.1) is 0 Å². The van der Waals surface area contributed by atoms with Gasteiger partial charge in [-0.05, 0) is 45.2 Å². The predicted molar refractivity (Wildman–Crippen MR) is 74.6 cm³/mol. The molecule has 96 valence electrons. The second kappa shape index (κ2) is 5.20. The van der Waals surface area contributed by atoms with Gasteiger partial charge in [0.25, 0.3) is 0 Å². The van der Waals surface area contributed by atoms with E-state index < -0.39 is 0 Å². The van der Waals surface area contributed by atoms with E-state index in [9.17, 15) is 0 Å². The van der Waals surface area contributed by atoms with Gasteiger partial charge in [0.2, 0.25) is 0 Å². The summed E-state index contributed by atoms with van der Waals surface area (Å²) in [6, 6.07) is 0.536. The first-order valence-corrected chi connectivity index (χ1v) is 6.57. The van der Waals surface area contributed by atoms with Crippen LogP contribution in [0.4, 0.5) is 0 Å². The molecule has 1 saturated heterocycles. The fourth-order valence-electron chi connectivity index (χ4n) is 2.35. The average Bonchev–Trinajstić information content (AvgIpc) is 2.99. The van der Waals surface area contributed by atoms with Crippen molar-refractivity contribution in [1.29, 1.82) is 0 Å². The third kappa shape index (κ3) is 3.17. The van der Waals surface area contributed by atoms with E-state index in [4.69, 9.17) is 23.8 Å². The first-order valence-electron chi connectivity index (χ1n) is 5.78. The van der Waals surface area contributed by atoms with Crippen LogP contribution in [-0.4, -0.2) is 58.8 Å². The zero-order valence-corrected chi connectivity index (χ0v) is 12.1. The quantitative estimate of drug-likeness (QED) is 0.463. The SMILES string of the molecule is CC1N(C)CN(C)CN1C1C/C1=C\NC(=S)Cl. The van der Waals surface area contributed by atoms with E-state index in [1.807, 2.05) is 6.20 Å². The smallest absolute Gasteiger partial charge is 0.171 e. The van der Waals surface area contributed by atoms with Crippen LogP contribution in [0.25, 0.3) is 0 Å². The molecular formula is C11H19ClN4S. The molecular weight excluding hydrogens is 256 g/mol. The van der Waals surface area contributed by atoms with E-state index in [2.05, 4.69) is 41.0 Å². The standard InChI is InChI=1S/C11H19ClN4S/c1-8-15(3)6-14(2)7-16(8)10-4-9(10)5-13-11(12)17/h5,8,10H,4,6-7H2,1-3H3,(H,13,17)/b9-5+. The summed E-state index contributed by atoms with van der Waals surface area (Å²) >= 11 is 10.4. The Morgan fingerprint density at radius 2 is 2.18 bits per heavy atom. The molecule has 4 nitrogen and oxygen atoms in total. The van der Waals surface area contributed by atoms with Crippen LogP contribution in [0.15, 0.2) is 11.8 Å². The molecule has 0 amide bonds.